The van der Waals surface area contributed by atoms with Gasteiger partial charge in [0.1, 0.15) is 13.2 Å². The third kappa shape index (κ3) is 31.9. The summed E-state index contributed by atoms with van der Waals surface area (Å²) in [5.74, 6) is 1.42. The lowest BCUT2D eigenvalue weighted by Gasteiger charge is -2.06. The minimum atomic E-state index is -0.0668. The molecule has 0 heterocycles. The highest BCUT2D eigenvalue weighted by Crippen LogP contribution is 2.20. The molecule has 0 radical (unpaired) electrons. The maximum atomic E-state index is 11.8. The van der Waals surface area contributed by atoms with Gasteiger partial charge in [-0.1, -0.05) is 164 Å². The first-order valence-corrected chi connectivity index (χ1v) is 18.7. The molecule has 0 spiro atoms. The Balaban J connectivity index is 3.25. The summed E-state index contributed by atoms with van der Waals surface area (Å²) in [6.07, 6.45) is 29.4. The van der Waals surface area contributed by atoms with Crippen LogP contribution in [0.25, 0.3) is 0 Å². The normalized spacial score (nSPS) is 11.1. The lowest BCUT2D eigenvalue weighted by Crippen LogP contribution is -2.08. The third-order valence-corrected chi connectivity index (χ3v) is 9.25. The molecule has 226 valence electrons. The zero-order valence-corrected chi connectivity index (χ0v) is 26.9. The van der Waals surface area contributed by atoms with Gasteiger partial charge in [0.15, 0.2) is 0 Å². The Bertz CT molecular complexity index is 458. The van der Waals surface area contributed by atoms with Crippen LogP contribution in [0.3, 0.4) is 0 Å². The Morgan fingerprint density at radius 3 is 0.974 bits per heavy atom. The summed E-state index contributed by atoms with van der Waals surface area (Å²) in [6, 6.07) is 0. The van der Waals surface area contributed by atoms with Crippen LogP contribution in [0.2, 0.25) is 0 Å². The van der Waals surface area contributed by atoms with Crippen molar-refractivity contribution in [2.45, 2.75) is 168 Å². The molecule has 0 aliphatic rings. The predicted octanol–water partition coefficient (Wildman–Crippen LogP) is 10.9. The molecule has 6 heteroatoms. The smallest absolute Gasteiger partial charge is 0.305 e. The zero-order chi connectivity index (χ0) is 27.8. The van der Waals surface area contributed by atoms with Gasteiger partial charge in [0.2, 0.25) is 0 Å². The van der Waals surface area contributed by atoms with Crippen LogP contribution in [0.4, 0.5) is 0 Å². The van der Waals surface area contributed by atoms with Gasteiger partial charge in [0.25, 0.3) is 0 Å². The average molecular weight is 575 g/mol. The van der Waals surface area contributed by atoms with Crippen LogP contribution in [0.5, 0.6) is 0 Å². The first kappa shape index (κ1) is 37.6. The summed E-state index contributed by atoms with van der Waals surface area (Å²) in [5.41, 5.74) is 0. The van der Waals surface area contributed by atoms with Gasteiger partial charge in [-0.25, -0.2) is 0 Å². The first-order chi connectivity index (χ1) is 18.7. The van der Waals surface area contributed by atoms with Crippen LogP contribution in [0, 0.1) is 0 Å². The molecule has 0 N–H and O–H groups in total. The van der Waals surface area contributed by atoms with Crippen molar-refractivity contribution in [3.63, 3.8) is 0 Å². The van der Waals surface area contributed by atoms with Gasteiger partial charge in [-0.15, -0.1) is 0 Å². The fourth-order valence-corrected chi connectivity index (χ4v) is 6.16. The maximum absolute atomic E-state index is 11.8. The molecule has 0 saturated carbocycles. The summed E-state index contributed by atoms with van der Waals surface area (Å²) in [6.45, 7) is 5.45. The van der Waals surface area contributed by atoms with E-state index in [1.54, 1.807) is 21.6 Å². The molecular weight excluding hydrogens is 512 g/mol. The summed E-state index contributed by atoms with van der Waals surface area (Å²) in [5, 5.41) is 0. The van der Waals surface area contributed by atoms with Gasteiger partial charge in [0, 0.05) is 24.3 Å². The van der Waals surface area contributed by atoms with Crippen molar-refractivity contribution >= 4 is 33.5 Å². The minimum absolute atomic E-state index is 0.0668. The molecule has 0 amide bonds. The molecular formula is C32H62O4S2. The van der Waals surface area contributed by atoms with Gasteiger partial charge < -0.3 is 9.47 Å². The first-order valence-electron chi connectivity index (χ1n) is 16.3. The fourth-order valence-electron chi connectivity index (χ4n) is 4.51. The predicted molar refractivity (Wildman–Crippen MR) is 169 cm³/mol. The number of ether oxygens (including phenoxy) is 2. The van der Waals surface area contributed by atoms with Gasteiger partial charge in [0.05, 0.1) is 0 Å². The van der Waals surface area contributed by atoms with E-state index in [0.717, 1.165) is 37.2 Å². The van der Waals surface area contributed by atoms with Crippen LogP contribution >= 0.6 is 21.6 Å². The zero-order valence-electron chi connectivity index (χ0n) is 25.2. The van der Waals surface area contributed by atoms with E-state index in [4.69, 9.17) is 9.47 Å². The molecule has 0 atom stereocenters. The van der Waals surface area contributed by atoms with Crippen molar-refractivity contribution in [2.24, 2.45) is 0 Å². The van der Waals surface area contributed by atoms with Gasteiger partial charge in [-0.3, -0.25) is 9.59 Å². The summed E-state index contributed by atoms with van der Waals surface area (Å²) >= 11 is 0. The van der Waals surface area contributed by atoms with Crippen molar-refractivity contribution in [1.29, 1.82) is 0 Å². The van der Waals surface area contributed by atoms with Crippen molar-refractivity contribution in [1.82, 2.24) is 0 Å². The van der Waals surface area contributed by atoms with Gasteiger partial charge >= 0.3 is 11.9 Å². The Labute approximate surface area is 244 Å². The quantitative estimate of drug-likeness (QED) is 0.0466. The lowest BCUT2D eigenvalue weighted by molar-refractivity contribution is -0.144. The largest absolute Gasteiger partial charge is 0.465 e. The average Bonchev–Trinajstić information content (AvgIpc) is 2.91. The van der Waals surface area contributed by atoms with Crippen LogP contribution in [-0.2, 0) is 19.1 Å². The van der Waals surface area contributed by atoms with E-state index in [0.29, 0.717) is 26.1 Å². The number of hydrogen-bond acceptors (Lipinski definition) is 6. The third-order valence-electron chi connectivity index (χ3n) is 6.91. The Kier molecular flexibility index (Phi) is 32.5. The van der Waals surface area contributed by atoms with E-state index in [1.807, 2.05) is 0 Å². The number of carbonyl (C=O) groups excluding carboxylic acids is 2. The molecule has 0 bridgehead atoms. The number of esters is 2. The molecule has 0 aliphatic heterocycles. The Morgan fingerprint density at radius 2 is 0.684 bits per heavy atom. The molecule has 0 aromatic heterocycles. The van der Waals surface area contributed by atoms with Crippen molar-refractivity contribution in [3.8, 4) is 0 Å². The van der Waals surface area contributed by atoms with Crippen LogP contribution < -0.4 is 0 Å². The molecule has 0 aliphatic carbocycles. The number of hydrogen-bond donors (Lipinski definition) is 0. The monoisotopic (exact) mass is 574 g/mol. The van der Waals surface area contributed by atoms with E-state index in [9.17, 15) is 9.59 Å². The van der Waals surface area contributed by atoms with Crippen molar-refractivity contribution in [2.75, 3.05) is 24.7 Å². The number of carbonyl (C=O) groups is 2. The van der Waals surface area contributed by atoms with E-state index in [1.165, 1.54) is 116 Å². The molecule has 0 saturated heterocycles. The topological polar surface area (TPSA) is 52.6 Å². The SMILES string of the molecule is CCCCCCCCCCCCCC(=O)OCCSSCCOC(=O)CCCCCCCCCCCCC. The second-order valence-electron chi connectivity index (χ2n) is 10.7. The lowest BCUT2D eigenvalue weighted by atomic mass is 10.1. The van der Waals surface area contributed by atoms with E-state index >= 15 is 0 Å². The highest BCUT2D eigenvalue weighted by Gasteiger charge is 2.04. The van der Waals surface area contributed by atoms with E-state index < -0.39 is 0 Å². The summed E-state index contributed by atoms with van der Waals surface area (Å²) < 4.78 is 10.7. The highest BCUT2D eigenvalue weighted by atomic mass is 33.1. The van der Waals surface area contributed by atoms with Crippen LogP contribution in [0.1, 0.15) is 168 Å². The molecule has 0 aromatic carbocycles. The Morgan fingerprint density at radius 1 is 0.421 bits per heavy atom. The molecule has 0 aromatic rings. The van der Waals surface area contributed by atoms with Crippen LogP contribution in [0.15, 0.2) is 0 Å². The van der Waals surface area contributed by atoms with E-state index in [-0.39, 0.29) is 11.9 Å². The maximum Gasteiger partial charge on any atom is 0.305 e. The standard InChI is InChI=1S/C32H62O4S2/c1-3-5-7-9-11-13-15-17-19-21-23-25-31(33)35-27-29-37-38-30-28-36-32(34)26-24-22-20-18-16-14-12-10-8-6-4-2/h3-30H2,1-2H3. The van der Waals surface area contributed by atoms with E-state index in [2.05, 4.69) is 13.8 Å². The second kappa shape index (κ2) is 32.8. The summed E-state index contributed by atoms with van der Waals surface area (Å²) in [4.78, 5) is 23.7. The minimum Gasteiger partial charge on any atom is -0.465 e. The van der Waals surface area contributed by atoms with Crippen LogP contribution in [-0.4, -0.2) is 36.7 Å². The second-order valence-corrected chi connectivity index (χ2v) is 13.4. The summed E-state index contributed by atoms with van der Waals surface area (Å²) in [7, 11) is 3.35. The number of rotatable bonds is 31. The van der Waals surface area contributed by atoms with Gasteiger partial charge in [-0.2, -0.15) is 0 Å². The molecule has 0 unspecified atom stereocenters. The van der Waals surface area contributed by atoms with Gasteiger partial charge in [-0.05, 0) is 12.8 Å². The Hall–Kier alpha value is -0.360. The molecule has 38 heavy (non-hydrogen) atoms. The fraction of sp³-hybridized carbons (Fsp3) is 0.938. The number of unbranched alkanes of at least 4 members (excludes halogenated alkanes) is 20. The molecule has 0 fully saturated rings. The highest BCUT2D eigenvalue weighted by molar-refractivity contribution is 8.76. The van der Waals surface area contributed by atoms with Crippen molar-refractivity contribution in [3.05, 3.63) is 0 Å². The molecule has 4 nitrogen and oxygen atoms in total. The molecule has 0 rings (SSSR count). The van der Waals surface area contributed by atoms with Crippen molar-refractivity contribution < 1.29 is 19.1 Å².